The fourth-order valence-corrected chi connectivity index (χ4v) is 1.86. The van der Waals surface area contributed by atoms with Gasteiger partial charge in [-0.2, -0.15) is 0 Å². The first-order valence-electron chi connectivity index (χ1n) is 6.89. The Morgan fingerprint density at radius 2 is 1.86 bits per heavy atom. The molecule has 1 unspecified atom stereocenters. The number of rotatable bonds is 8. The van der Waals surface area contributed by atoms with E-state index in [0.29, 0.717) is 6.54 Å². The van der Waals surface area contributed by atoms with E-state index in [1.54, 1.807) is 0 Å². The number of carbonyl (C=O) groups is 2. The molecule has 0 saturated heterocycles. The van der Waals surface area contributed by atoms with Gasteiger partial charge < -0.3 is 20.8 Å². The number of carboxylic acids is 1. The molecule has 0 aromatic heterocycles. The van der Waals surface area contributed by atoms with E-state index in [2.05, 4.69) is 10.6 Å². The SMILES string of the molecule is CC(O)(CNC(=O)NCCCc1ccccc1)CC(=O)O. The minimum atomic E-state index is -1.45. The van der Waals surface area contributed by atoms with Crippen molar-refractivity contribution >= 4 is 12.0 Å². The maximum absolute atomic E-state index is 11.5. The number of aliphatic carboxylic acids is 1. The molecule has 0 radical (unpaired) electrons. The second-order valence-electron chi connectivity index (χ2n) is 5.27. The Bertz CT molecular complexity index is 460. The number of aliphatic hydroxyl groups is 1. The summed E-state index contributed by atoms with van der Waals surface area (Å²) in [6.07, 6.45) is 1.27. The van der Waals surface area contributed by atoms with Crippen molar-refractivity contribution in [3.05, 3.63) is 35.9 Å². The average Bonchev–Trinajstić information content (AvgIpc) is 2.41. The Labute approximate surface area is 124 Å². The fraction of sp³-hybridized carbons (Fsp3) is 0.467. The normalized spacial score (nSPS) is 13.2. The van der Waals surface area contributed by atoms with E-state index in [9.17, 15) is 14.7 Å². The zero-order valence-corrected chi connectivity index (χ0v) is 12.1. The van der Waals surface area contributed by atoms with Crippen LogP contribution in [0.4, 0.5) is 4.79 Å². The number of aryl methyl sites for hydroxylation is 1. The Balaban J connectivity index is 2.15. The van der Waals surface area contributed by atoms with Gasteiger partial charge in [0.2, 0.25) is 0 Å². The van der Waals surface area contributed by atoms with E-state index in [4.69, 9.17) is 5.11 Å². The number of benzene rings is 1. The van der Waals surface area contributed by atoms with Crippen LogP contribution in [0.3, 0.4) is 0 Å². The lowest BCUT2D eigenvalue weighted by Gasteiger charge is -2.21. The Morgan fingerprint density at radius 3 is 2.48 bits per heavy atom. The zero-order chi connectivity index (χ0) is 15.7. The number of urea groups is 1. The second-order valence-corrected chi connectivity index (χ2v) is 5.27. The van der Waals surface area contributed by atoms with Crippen LogP contribution < -0.4 is 10.6 Å². The molecule has 0 fully saturated rings. The molecule has 0 heterocycles. The molecule has 21 heavy (non-hydrogen) atoms. The summed E-state index contributed by atoms with van der Waals surface area (Å²) in [5, 5.41) is 23.5. The standard InChI is InChI=1S/C15H22N2O4/c1-15(21,10-13(18)19)11-17-14(20)16-9-5-8-12-6-3-2-4-7-12/h2-4,6-7,21H,5,8-11H2,1H3,(H,18,19)(H2,16,17,20). The lowest BCUT2D eigenvalue weighted by Crippen LogP contribution is -2.46. The maximum atomic E-state index is 11.5. The van der Waals surface area contributed by atoms with Gasteiger partial charge in [0.15, 0.2) is 0 Å². The number of carbonyl (C=O) groups excluding carboxylic acids is 1. The molecule has 2 amide bonds. The molecule has 0 aliphatic rings. The van der Waals surface area contributed by atoms with Crippen LogP contribution in [0.5, 0.6) is 0 Å². The van der Waals surface area contributed by atoms with Gasteiger partial charge >= 0.3 is 12.0 Å². The largest absolute Gasteiger partial charge is 0.481 e. The summed E-state index contributed by atoms with van der Waals surface area (Å²) in [5.74, 6) is -1.11. The first kappa shape index (κ1) is 17.0. The summed E-state index contributed by atoms with van der Waals surface area (Å²) < 4.78 is 0. The lowest BCUT2D eigenvalue weighted by atomic mass is 10.0. The van der Waals surface area contributed by atoms with Crippen LogP contribution in [0, 0.1) is 0 Å². The highest BCUT2D eigenvalue weighted by atomic mass is 16.4. The summed E-state index contributed by atoms with van der Waals surface area (Å²) in [6, 6.07) is 9.55. The minimum Gasteiger partial charge on any atom is -0.481 e. The number of carboxylic acid groups (broad SMARTS) is 1. The van der Waals surface area contributed by atoms with Crippen molar-refractivity contribution in [2.75, 3.05) is 13.1 Å². The van der Waals surface area contributed by atoms with E-state index in [-0.39, 0.29) is 6.54 Å². The molecule has 1 atom stereocenters. The molecule has 1 aromatic carbocycles. The van der Waals surface area contributed by atoms with Gasteiger partial charge in [-0.05, 0) is 25.3 Å². The third-order valence-corrected chi connectivity index (χ3v) is 2.93. The predicted octanol–water partition coefficient (Wildman–Crippen LogP) is 1.14. The molecule has 4 N–H and O–H groups in total. The van der Waals surface area contributed by atoms with Crippen molar-refractivity contribution in [3.63, 3.8) is 0 Å². The highest BCUT2D eigenvalue weighted by Crippen LogP contribution is 2.07. The molecule has 6 nitrogen and oxygen atoms in total. The van der Waals surface area contributed by atoms with Gasteiger partial charge in [0.25, 0.3) is 0 Å². The Morgan fingerprint density at radius 1 is 1.19 bits per heavy atom. The Hall–Kier alpha value is -2.08. The van der Waals surface area contributed by atoms with Crippen molar-refractivity contribution in [1.82, 2.24) is 10.6 Å². The molecule has 116 valence electrons. The molecule has 0 aliphatic carbocycles. The maximum Gasteiger partial charge on any atom is 0.314 e. The highest BCUT2D eigenvalue weighted by molar-refractivity contribution is 5.74. The van der Waals surface area contributed by atoms with Crippen molar-refractivity contribution in [1.29, 1.82) is 0 Å². The van der Waals surface area contributed by atoms with Crippen molar-refractivity contribution in [2.24, 2.45) is 0 Å². The topological polar surface area (TPSA) is 98.7 Å². The molecule has 0 bridgehead atoms. The third kappa shape index (κ3) is 7.94. The minimum absolute atomic E-state index is 0.107. The highest BCUT2D eigenvalue weighted by Gasteiger charge is 2.24. The molecule has 0 saturated carbocycles. The van der Waals surface area contributed by atoms with Crippen molar-refractivity contribution in [2.45, 2.75) is 31.8 Å². The van der Waals surface area contributed by atoms with Crippen LogP contribution >= 0.6 is 0 Å². The quantitative estimate of drug-likeness (QED) is 0.540. The number of hydrogen-bond acceptors (Lipinski definition) is 3. The molecule has 0 spiro atoms. The van der Waals surface area contributed by atoms with Crippen LogP contribution in [-0.4, -0.2) is 40.9 Å². The van der Waals surface area contributed by atoms with Crippen molar-refractivity contribution in [3.8, 4) is 0 Å². The van der Waals surface area contributed by atoms with Crippen LogP contribution in [-0.2, 0) is 11.2 Å². The third-order valence-electron chi connectivity index (χ3n) is 2.93. The molecule has 0 aliphatic heterocycles. The molecule has 1 aromatic rings. The number of amides is 2. The summed E-state index contributed by atoms with van der Waals surface area (Å²) in [7, 11) is 0. The first-order valence-corrected chi connectivity index (χ1v) is 6.89. The van der Waals surface area contributed by atoms with Crippen LogP contribution in [0.15, 0.2) is 30.3 Å². The van der Waals surface area contributed by atoms with E-state index in [1.807, 2.05) is 30.3 Å². The van der Waals surface area contributed by atoms with E-state index in [1.165, 1.54) is 12.5 Å². The first-order chi connectivity index (χ1) is 9.89. The number of nitrogens with one attached hydrogen (secondary N) is 2. The molecular formula is C15H22N2O4. The van der Waals surface area contributed by atoms with Gasteiger partial charge in [0.1, 0.15) is 0 Å². The summed E-state index contributed by atoms with van der Waals surface area (Å²) in [6.45, 7) is 1.78. The predicted molar refractivity (Wildman–Crippen MR) is 79.0 cm³/mol. The zero-order valence-electron chi connectivity index (χ0n) is 12.1. The van der Waals surface area contributed by atoms with Gasteiger partial charge in [-0.25, -0.2) is 4.79 Å². The smallest absolute Gasteiger partial charge is 0.314 e. The molecule has 6 heteroatoms. The van der Waals surface area contributed by atoms with Crippen LogP contribution in [0.2, 0.25) is 0 Å². The fourth-order valence-electron chi connectivity index (χ4n) is 1.86. The van der Waals surface area contributed by atoms with Crippen molar-refractivity contribution < 1.29 is 19.8 Å². The molecule has 1 rings (SSSR count). The van der Waals surface area contributed by atoms with Gasteiger partial charge in [0.05, 0.1) is 12.0 Å². The monoisotopic (exact) mass is 294 g/mol. The Kier molecular flexibility index (Phi) is 6.68. The summed E-state index contributed by atoms with van der Waals surface area (Å²) in [4.78, 5) is 22.0. The van der Waals surface area contributed by atoms with Crippen LogP contribution in [0.25, 0.3) is 0 Å². The lowest BCUT2D eigenvalue weighted by molar-refractivity contribution is -0.141. The molecular weight excluding hydrogens is 272 g/mol. The van der Waals surface area contributed by atoms with Gasteiger partial charge in [-0.1, -0.05) is 30.3 Å². The number of hydrogen-bond donors (Lipinski definition) is 4. The van der Waals surface area contributed by atoms with E-state index in [0.717, 1.165) is 12.8 Å². The summed E-state index contributed by atoms with van der Waals surface area (Å²) >= 11 is 0. The summed E-state index contributed by atoms with van der Waals surface area (Å²) in [5.41, 5.74) is -0.239. The van der Waals surface area contributed by atoms with E-state index >= 15 is 0 Å². The van der Waals surface area contributed by atoms with Crippen LogP contribution in [0.1, 0.15) is 25.3 Å². The second kappa shape index (κ2) is 8.26. The van der Waals surface area contributed by atoms with Gasteiger partial charge in [-0.15, -0.1) is 0 Å². The van der Waals surface area contributed by atoms with E-state index < -0.39 is 24.0 Å². The van der Waals surface area contributed by atoms with Gasteiger partial charge in [-0.3, -0.25) is 4.79 Å². The van der Waals surface area contributed by atoms with Gasteiger partial charge in [0, 0.05) is 13.1 Å². The average molecular weight is 294 g/mol.